The molecule has 0 aliphatic carbocycles. The molecule has 0 aromatic heterocycles. The Morgan fingerprint density at radius 1 is 1.20 bits per heavy atom. The maximum absolute atomic E-state index is 12.4. The Morgan fingerprint density at radius 2 is 1.90 bits per heavy atom. The molecule has 0 heterocycles. The highest BCUT2D eigenvalue weighted by atomic mass is 79.9. The minimum absolute atomic E-state index is 0.214. The van der Waals surface area contributed by atoms with Crippen LogP contribution < -0.4 is 10.6 Å². The van der Waals surface area contributed by atoms with Gasteiger partial charge in [0.05, 0.1) is 16.4 Å². The molecule has 0 bridgehead atoms. The Balaban J connectivity index is 2.37. The van der Waals surface area contributed by atoms with Crippen molar-refractivity contribution in [1.29, 1.82) is 0 Å². The van der Waals surface area contributed by atoms with Gasteiger partial charge in [-0.1, -0.05) is 23.2 Å². The van der Waals surface area contributed by atoms with Crippen molar-refractivity contribution < 1.29 is 4.79 Å². The van der Waals surface area contributed by atoms with Crippen LogP contribution in [0.25, 0.3) is 0 Å². The lowest BCUT2D eigenvalue weighted by atomic mass is 10.2. The van der Waals surface area contributed by atoms with Crippen molar-refractivity contribution in [2.24, 2.45) is 0 Å². The lowest BCUT2D eigenvalue weighted by Crippen LogP contribution is -2.27. The average molecular weight is 374 g/mol. The SMILES string of the molecule is CN(C(=O)c1ccc(Br)c(Cl)c1)c1cc(Cl)ccc1N. The van der Waals surface area contributed by atoms with E-state index in [1.54, 1.807) is 43.4 Å². The number of carbonyl (C=O) groups is 1. The van der Waals surface area contributed by atoms with Gasteiger partial charge in [0.1, 0.15) is 0 Å². The van der Waals surface area contributed by atoms with Crippen molar-refractivity contribution in [2.75, 3.05) is 17.7 Å². The molecule has 0 radical (unpaired) electrons. The molecular weight excluding hydrogens is 363 g/mol. The summed E-state index contributed by atoms with van der Waals surface area (Å²) >= 11 is 15.2. The highest BCUT2D eigenvalue weighted by Gasteiger charge is 2.16. The van der Waals surface area contributed by atoms with Crippen molar-refractivity contribution in [3.8, 4) is 0 Å². The van der Waals surface area contributed by atoms with Crippen molar-refractivity contribution in [1.82, 2.24) is 0 Å². The van der Waals surface area contributed by atoms with Crippen LogP contribution in [0, 0.1) is 0 Å². The molecule has 3 nitrogen and oxygen atoms in total. The van der Waals surface area contributed by atoms with Crippen LogP contribution in [0.5, 0.6) is 0 Å². The molecule has 0 fully saturated rings. The molecule has 1 amide bonds. The van der Waals surface area contributed by atoms with Gasteiger partial charge in [0.2, 0.25) is 0 Å². The molecule has 0 aliphatic heterocycles. The van der Waals surface area contributed by atoms with E-state index in [0.29, 0.717) is 27.0 Å². The first-order valence-corrected chi connectivity index (χ1v) is 7.23. The average Bonchev–Trinajstić information content (AvgIpc) is 2.43. The highest BCUT2D eigenvalue weighted by Crippen LogP contribution is 2.28. The number of anilines is 2. The molecule has 2 aromatic rings. The van der Waals surface area contributed by atoms with Crippen LogP contribution in [0.2, 0.25) is 10.0 Å². The molecule has 0 aliphatic rings. The second-order valence-electron chi connectivity index (χ2n) is 4.20. The van der Waals surface area contributed by atoms with Crippen molar-refractivity contribution in [3.63, 3.8) is 0 Å². The Labute approximate surface area is 135 Å². The van der Waals surface area contributed by atoms with E-state index in [0.717, 1.165) is 4.47 Å². The minimum atomic E-state index is -0.214. The summed E-state index contributed by atoms with van der Waals surface area (Å²) in [5.74, 6) is -0.214. The Morgan fingerprint density at radius 3 is 2.55 bits per heavy atom. The number of rotatable bonds is 2. The van der Waals surface area contributed by atoms with Crippen LogP contribution in [-0.4, -0.2) is 13.0 Å². The van der Waals surface area contributed by atoms with Crippen molar-refractivity contribution in [3.05, 3.63) is 56.5 Å². The number of hydrogen-bond donors (Lipinski definition) is 1. The predicted molar refractivity (Wildman–Crippen MR) is 87.7 cm³/mol. The molecule has 6 heteroatoms. The van der Waals surface area contributed by atoms with Gasteiger partial charge in [-0.15, -0.1) is 0 Å². The van der Waals surface area contributed by atoms with Gasteiger partial charge in [-0.05, 0) is 52.3 Å². The minimum Gasteiger partial charge on any atom is -0.397 e. The van der Waals surface area contributed by atoms with Crippen molar-refractivity contribution in [2.45, 2.75) is 0 Å². The van der Waals surface area contributed by atoms with Gasteiger partial charge >= 0.3 is 0 Å². The molecule has 0 atom stereocenters. The van der Waals surface area contributed by atoms with E-state index < -0.39 is 0 Å². The van der Waals surface area contributed by atoms with Crippen LogP contribution in [-0.2, 0) is 0 Å². The summed E-state index contributed by atoms with van der Waals surface area (Å²) in [7, 11) is 1.64. The van der Waals surface area contributed by atoms with Crippen LogP contribution in [0.4, 0.5) is 11.4 Å². The number of hydrogen-bond acceptors (Lipinski definition) is 2. The third kappa shape index (κ3) is 3.08. The number of carbonyl (C=O) groups excluding carboxylic acids is 1. The molecule has 104 valence electrons. The van der Waals surface area contributed by atoms with Crippen LogP contribution >= 0.6 is 39.1 Å². The summed E-state index contributed by atoms with van der Waals surface area (Å²) in [6.45, 7) is 0. The number of nitrogens with zero attached hydrogens (tertiary/aromatic N) is 1. The van der Waals surface area contributed by atoms with Crippen LogP contribution in [0.1, 0.15) is 10.4 Å². The van der Waals surface area contributed by atoms with E-state index in [9.17, 15) is 4.79 Å². The van der Waals surface area contributed by atoms with E-state index in [4.69, 9.17) is 28.9 Å². The quantitative estimate of drug-likeness (QED) is 0.781. The van der Waals surface area contributed by atoms with E-state index in [1.807, 2.05) is 0 Å². The molecule has 0 spiro atoms. The topological polar surface area (TPSA) is 46.3 Å². The summed E-state index contributed by atoms with van der Waals surface area (Å²) in [5.41, 5.74) is 7.38. The molecule has 2 N–H and O–H groups in total. The van der Waals surface area contributed by atoms with Gasteiger partial charge in [0, 0.05) is 22.1 Å². The van der Waals surface area contributed by atoms with Crippen molar-refractivity contribution >= 4 is 56.4 Å². The van der Waals surface area contributed by atoms with Gasteiger partial charge in [-0.25, -0.2) is 0 Å². The Hall–Kier alpha value is -1.23. The lowest BCUT2D eigenvalue weighted by Gasteiger charge is -2.19. The normalized spacial score (nSPS) is 10.4. The number of nitrogens with two attached hydrogens (primary N) is 1. The van der Waals surface area contributed by atoms with E-state index in [1.165, 1.54) is 4.90 Å². The first-order chi connectivity index (χ1) is 9.40. The maximum atomic E-state index is 12.4. The van der Waals surface area contributed by atoms with Gasteiger partial charge in [0.25, 0.3) is 5.91 Å². The highest BCUT2D eigenvalue weighted by molar-refractivity contribution is 9.10. The van der Waals surface area contributed by atoms with Gasteiger partial charge in [-0.3, -0.25) is 4.79 Å². The number of nitrogen functional groups attached to an aromatic ring is 1. The molecule has 2 aromatic carbocycles. The summed E-state index contributed by atoms with van der Waals surface area (Å²) in [6, 6.07) is 10.0. The monoisotopic (exact) mass is 372 g/mol. The molecule has 0 saturated heterocycles. The standard InChI is InChI=1S/C14H11BrCl2N2O/c1-19(13-7-9(16)3-5-12(13)18)14(20)8-2-4-10(15)11(17)6-8/h2-7H,18H2,1H3. The van der Waals surface area contributed by atoms with Gasteiger partial charge in [0.15, 0.2) is 0 Å². The molecule has 2 rings (SSSR count). The van der Waals surface area contributed by atoms with E-state index in [2.05, 4.69) is 15.9 Å². The number of benzene rings is 2. The third-order valence-corrected chi connectivity index (χ3v) is 4.29. The predicted octanol–water partition coefficient (Wildman–Crippen LogP) is 4.61. The fraction of sp³-hybridized carbons (Fsp3) is 0.0714. The van der Waals surface area contributed by atoms with Gasteiger partial charge < -0.3 is 10.6 Å². The summed E-state index contributed by atoms with van der Waals surface area (Å²) in [6.07, 6.45) is 0. The second-order valence-corrected chi connectivity index (χ2v) is 5.89. The summed E-state index contributed by atoms with van der Waals surface area (Å²) < 4.78 is 0.737. The second kappa shape index (κ2) is 6.04. The molecular formula is C14H11BrCl2N2O. The number of halogens is 3. The fourth-order valence-corrected chi connectivity index (χ4v) is 2.33. The first kappa shape index (κ1) is 15.2. The van der Waals surface area contributed by atoms with E-state index in [-0.39, 0.29) is 5.91 Å². The zero-order valence-electron chi connectivity index (χ0n) is 10.5. The summed E-state index contributed by atoms with van der Waals surface area (Å²) in [5, 5.41) is 0.992. The third-order valence-electron chi connectivity index (χ3n) is 2.83. The molecule has 0 saturated carbocycles. The molecule has 20 heavy (non-hydrogen) atoms. The van der Waals surface area contributed by atoms with Crippen LogP contribution in [0.15, 0.2) is 40.9 Å². The number of amides is 1. The van der Waals surface area contributed by atoms with E-state index >= 15 is 0 Å². The smallest absolute Gasteiger partial charge is 0.258 e. The summed E-state index contributed by atoms with van der Waals surface area (Å²) in [4.78, 5) is 13.9. The maximum Gasteiger partial charge on any atom is 0.258 e. The zero-order chi connectivity index (χ0) is 14.9. The molecule has 0 unspecified atom stereocenters. The fourth-order valence-electron chi connectivity index (χ4n) is 1.74. The van der Waals surface area contributed by atoms with Crippen LogP contribution in [0.3, 0.4) is 0 Å². The Bertz CT molecular complexity index is 676. The van der Waals surface area contributed by atoms with Gasteiger partial charge in [-0.2, -0.15) is 0 Å². The largest absolute Gasteiger partial charge is 0.397 e. The lowest BCUT2D eigenvalue weighted by molar-refractivity contribution is 0.0993. The Kier molecular flexibility index (Phi) is 4.58. The zero-order valence-corrected chi connectivity index (χ0v) is 13.6. The first-order valence-electron chi connectivity index (χ1n) is 5.68.